The number of pyridine rings is 1. The van der Waals surface area contributed by atoms with Gasteiger partial charge in [0.25, 0.3) is 0 Å². The van der Waals surface area contributed by atoms with Crippen LogP contribution in [0.3, 0.4) is 0 Å². The van der Waals surface area contributed by atoms with Crippen molar-refractivity contribution >= 4 is 33.5 Å². The molecular formula is C28H32ClN3O6S. The number of hydrogen-bond acceptors (Lipinski definition) is 6. The number of benzene rings is 2. The van der Waals surface area contributed by atoms with E-state index >= 15 is 0 Å². The third-order valence-electron chi connectivity index (χ3n) is 6.54. The minimum absolute atomic E-state index is 0.0156. The van der Waals surface area contributed by atoms with Crippen molar-refractivity contribution in [2.24, 2.45) is 0 Å². The molecule has 3 aromatic rings. The van der Waals surface area contributed by atoms with Crippen molar-refractivity contribution in [3.05, 3.63) is 82.6 Å². The fourth-order valence-corrected chi connectivity index (χ4v) is 6.43. The Morgan fingerprint density at radius 2 is 1.85 bits per heavy atom. The van der Waals surface area contributed by atoms with E-state index in [1.54, 1.807) is 38.4 Å². The number of carbonyl (C=O) groups excluding carboxylic acids is 1. The number of hydrogen-bond donors (Lipinski definition) is 3. The Balaban J connectivity index is 1.94. The number of carboxylic acid groups (broad SMARTS) is 1. The van der Waals surface area contributed by atoms with E-state index in [2.05, 4.69) is 10.3 Å². The number of aliphatic hydroxyl groups excluding tert-OH is 1. The Kier molecular flexibility index (Phi) is 10.2. The highest BCUT2D eigenvalue weighted by Gasteiger charge is 2.32. The van der Waals surface area contributed by atoms with Crippen LogP contribution in [-0.2, 0) is 19.6 Å². The van der Waals surface area contributed by atoms with Crippen LogP contribution in [0.15, 0.2) is 65.8 Å². The number of sulfonamides is 1. The molecule has 1 amide bonds. The van der Waals surface area contributed by atoms with Crippen molar-refractivity contribution in [1.82, 2.24) is 14.6 Å². The number of nitrogens with one attached hydrogen (secondary N) is 1. The molecule has 2 atom stereocenters. The number of rotatable bonds is 12. The molecule has 39 heavy (non-hydrogen) atoms. The Hall–Kier alpha value is -3.31. The molecule has 2 aromatic carbocycles. The number of carbonyl (C=O) groups is 2. The molecule has 0 bridgehead atoms. The molecule has 0 fully saturated rings. The van der Waals surface area contributed by atoms with Gasteiger partial charge in [-0.2, -0.15) is 4.31 Å². The summed E-state index contributed by atoms with van der Waals surface area (Å²) in [7, 11) is -4.05. The van der Waals surface area contributed by atoms with Gasteiger partial charge in [0.15, 0.2) is 0 Å². The predicted octanol–water partition coefficient (Wildman–Crippen LogP) is 4.11. The zero-order valence-electron chi connectivity index (χ0n) is 22.0. The molecule has 208 valence electrons. The lowest BCUT2D eigenvalue weighted by Crippen LogP contribution is -2.43. The average molecular weight is 574 g/mol. The lowest BCUT2D eigenvalue weighted by molar-refractivity contribution is -0.142. The van der Waals surface area contributed by atoms with E-state index in [0.29, 0.717) is 10.6 Å². The van der Waals surface area contributed by atoms with Gasteiger partial charge in [-0.15, -0.1) is 0 Å². The van der Waals surface area contributed by atoms with Crippen LogP contribution in [0.5, 0.6) is 0 Å². The molecule has 11 heteroatoms. The zero-order valence-corrected chi connectivity index (χ0v) is 23.5. The summed E-state index contributed by atoms with van der Waals surface area (Å²) < 4.78 is 29.3. The van der Waals surface area contributed by atoms with Gasteiger partial charge in [-0.25, -0.2) is 13.2 Å². The summed E-state index contributed by atoms with van der Waals surface area (Å²) in [5.74, 6) is -1.96. The number of aromatic nitrogens is 1. The summed E-state index contributed by atoms with van der Waals surface area (Å²) in [6.07, 6.45) is 3.46. The monoisotopic (exact) mass is 573 g/mol. The molecule has 3 rings (SSSR count). The second kappa shape index (κ2) is 13.2. The summed E-state index contributed by atoms with van der Waals surface area (Å²) in [4.78, 5) is 27.6. The van der Waals surface area contributed by atoms with Gasteiger partial charge < -0.3 is 15.5 Å². The van der Waals surface area contributed by atoms with Crippen molar-refractivity contribution in [1.29, 1.82) is 0 Å². The molecule has 9 nitrogen and oxygen atoms in total. The van der Waals surface area contributed by atoms with Gasteiger partial charge >= 0.3 is 5.97 Å². The highest BCUT2D eigenvalue weighted by molar-refractivity contribution is 7.89. The first-order chi connectivity index (χ1) is 18.5. The highest BCUT2D eigenvalue weighted by Crippen LogP contribution is 2.33. The highest BCUT2D eigenvalue weighted by atomic mass is 35.5. The maximum absolute atomic E-state index is 14.0. The lowest BCUT2D eigenvalue weighted by atomic mass is 9.98. The molecule has 3 N–H and O–H groups in total. The van der Waals surface area contributed by atoms with E-state index in [1.807, 2.05) is 37.3 Å². The van der Waals surface area contributed by atoms with E-state index < -0.39 is 40.6 Å². The van der Waals surface area contributed by atoms with E-state index in [4.69, 9.17) is 21.8 Å². The van der Waals surface area contributed by atoms with Crippen LogP contribution < -0.4 is 5.32 Å². The van der Waals surface area contributed by atoms with Crippen LogP contribution in [0.2, 0.25) is 5.02 Å². The van der Waals surface area contributed by atoms with Gasteiger partial charge in [0.1, 0.15) is 6.04 Å². The molecule has 0 saturated heterocycles. The Morgan fingerprint density at radius 1 is 1.13 bits per heavy atom. The van der Waals surface area contributed by atoms with E-state index in [1.165, 1.54) is 10.4 Å². The molecule has 1 aromatic heterocycles. The predicted molar refractivity (Wildman–Crippen MR) is 149 cm³/mol. The molecule has 0 unspecified atom stereocenters. The topological polar surface area (TPSA) is 137 Å². The number of amides is 1. The van der Waals surface area contributed by atoms with Gasteiger partial charge in [-0.1, -0.05) is 35.9 Å². The average Bonchev–Trinajstić information content (AvgIpc) is 2.90. The fourth-order valence-electron chi connectivity index (χ4n) is 4.29. The second-order valence-electron chi connectivity index (χ2n) is 9.22. The Labute approximate surface area is 233 Å². The largest absolute Gasteiger partial charge is 0.480 e. The summed E-state index contributed by atoms with van der Waals surface area (Å²) in [6, 6.07) is 12.2. The van der Waals surface area contributed by atoms with Crippen molar-refractivity contribution in [2.75, 3.05) is 13.2 Å². The van der Waals surface area contributed by atoms with Crippen LogP contribution >= 0.6 is 11.6 Å². The van der Waals surface area contributed by atoms with Crippen LogP contribution in [0, 0.1) is 13.8 Å². The molecule has 0 spiro atoms. The normalized spacial score (nSPS) is 13.2. The minimum Gasteiger partial charge on any atom is -0.480 e. The van der Waals surface area contributed by atoms with Crippen molar-refractivity contribution in [3.63, 3.8) is 0 Å². The van der Waals surface area contributed by atoms with E-state index in [-0.39, 0.29) is 24.3 Å². The smallest absolute Gasteiger partial charge is 0.328 e. The van der Waals surface area contributed by atoms with Crippen LogP contribution in [0.4, 0.5) is 0 Å². The van der Waals surface area contributed by atoms with Crippen LogP contribution in [0.1, 0.15) is 42.5 Å². The van der Waals surface area contributed by atoms with Gasteiger partial charge in [0.2, 0.25) is 15.9 Å². The first kappa shape index (κ1) is 30.2. The molecule has 1 heterocycles. The first-order valence-corrected chi connectivity index (χ1v) is 14.2. The SMILES string of the molecule is Cc1cnccc1-c1cccc([C@H](C)N(CCCC(=O)N[C@@H](CO)C(=O)O)S(=O)(=O)c2cccc(Cl)c2C)c1. The molecule has 0 aliphatic rings. The number of halogens is 1. The maximum atomic E-state index is 14.0. The quantitative estimate of drug-likeness (QED) is 0.296. The van der Waals surface area contributed by atoms with Gasteiger partial charge in [0.05, 0.1) is 11.5 Å². The standard InChI is InChI=1S/C28H32ClN3O6S/c1-18-16-30-13-12-23(18)22-8-4-7-21(15-22)20(3)32(14-6-11-27(34)31-25(17-33)28(35)36)39(37,38)26-10-5-9-24(29)19(26)2/h4-5,7-10,12-13,15-16,20,25,33H,6,11,14,17H2,1-3H3,(H,31,34)(H,35,36)/t20-,25-/m0/s1. The second-order valence-corrected chi connectivity index (χ2v) is 11.5. The summed E-state index contributed by atoms with van der Waals surface area (Å²) in [5, 5.41) is 20.8. The van der Waals surface area contributed by atoms with Gasteiger partial charge in [-0.05, 0) is 79.3 Å². The first-order valence-electron chi connectivity index (χ1n) is 12.4. The number of aryl methyl sites for hydroxylation is 1. The maximum Gasteiger partial charge on any atom is 0.328 e. The summed E-state index contributed by atoms with van der Waals surface area (Å²) >= 11 is 6.25. The van der Waals surface area contributed by atoms with Crippen molar-refractivity contribution < 1.29 is 28.2 Å². The number of nitrogens with zero attached hydrogens (tertiary/aromatic N) is 2. The number of carboxylic acids is 1. The molecule has 0 aliphatic heterocycles. The zero-order chi connectivity index (χ0) is 28.7. The Bertz CT molecular complexity index is 1450. The Morgan fingerprint density at radius 3 is 2.51 bits per heavy atom. The van der Waals surface area contributed by atoms with E-state index in [0.717, 1.165) is 22.3 Å². The van der Waals surface area contributed by atoms with E-state index in [9.17, 15) is 18.0 Å². The molecule has 0 aliphatic carbocycles. The van der Waals surface area contributed by atoms with Gasteiger partial charge in [-0.3, -0.25) is 9.78 Å². The summed E-state index contributed by atoms with van der Waals surface area (Å²) in [6.45, 7) is 4.60. The fraction of sp³-hybridized carbons (Fsp3) is 0.321. The van der Waals surface area contributed by atoms with Crippen LogP contribution in [-0.4, -0.2) is 59.0 Å². The van der Waals surface area contributed by atoms with Crippen molar-refractivity contribution in [3.8, 4) is 11.1 Å². The lowest BCUT2D eigenvalue weighted by Gasteiger charge is -2.30. The molecular weight excluding hydrogens is 542 g/mol. The van der Waals surface area contributed by atoms with Crippen LogP contribution in [0.25, 0.3) is 11.1 Å². The third-order valence-corrected chi connectivity index (χ3v) is 9.06. The third kappa shape index (κ3) is 7.21. The summed E-state index contributed by atoms with van der Waals surface area (Å²) in [5.41, 5.74) is 4.05. The molecule has 0 saturated carbocycles. The van der Waals surface area contributed by atoms with Crippen molar-refractivity contribution in [2.45, 2.75) is 50.6 Å². The molecule has 0 radical (unpaired) electrons. The minimum atomic E-state index is -4.05. The number of aliphatic hydroxyl groups is 1. The number of aliphatic carboxylic acids is 1. The van der Waals surface area contributed by atoms with Gasteiger partial charge in [0, 0.05) is 36.4 Å².